The summed E-state index contributed by atoms with van der Waals surface area (Å²) in [6, 6.07) is 11.0. The number of hydrogen-bond donors (Lipinski definition) is 2. The summed E-state index contributed by atoms with van der Waals surface area (Å²) in [6.45, 7) is 1.84. The van der Waals surface area contributed by atoms with Gasteiger partial charge < -0.3 is 24.8 Å². The second-order valence-corrected chi connectivity index (χ2v) is 5.63. The minimum absolute atomic E-state index is 0.226. The summed E-state index contributed by atoms with van der Waals surface area (Å²) in [5.74, 6) is -0.583. The van der Waals surface area contributed by atoms with Crippen molar-refractivity contribution in [1.29, 1.82) is 0 Å². The van der Waals surface area contributed by atoms with E-state index in [1.54, 1.807) is 30.3 Å². The van der Waals surface area contributed by atoms with E-state index in [0.717, 1.165) is 0 Å². The van der Waals surface area contributed by atoms with Crippen molar-refractivity contribution in [1.82, 2.24) is 5.32 Å². The highest BCUT2D eigenvalue weighted by Crippen LogP contribution is 2.27. The summed E-state index contributed by atoms with van der Waals surface area (Å²) < 4.78 is 15.3. The molecule has 2 aromatic rings. The van der Waals surface area contributed by atoms with Crippen LogP contribution in [-0.2, 0) is 9.53 Å². The second kappa shape index (κ2) is 9.96. The first-order chi connectivity index (χ1) is 13.5. The highest BCUT2D eigenvalue weighted by molar-refractivity contribution is 5.98. The van der Waals surface area contributed by atoms with Gasteiger partial charge >= 0.3 is 5.97 Å². The zero-order chi connectivity index (χ0) is 20.5. The van der Waals surface area contributed by atoms with Crippen molar-refractivity contribution < 1.29 is 28.6 Å². The first-order valence-electron chi connectivity index (χ1n) is 8.55. The number of rotatable bonds is 8. The average molecular weight is 386 g/mol. The van der Waals surface area contributed by atoms with Crippen molar-refractivity contribution >= 4 is 23.5 Å². The van der Waals surface area contributed by atoms with Crippen LogP contribution in [0.15, 0.2) is 42.5 Å². The normalized spacial score (nSPS) is 9.96. The molecule has 0 bridgehead atoms. The molecule has 2 amide bonds. The highest BCUT2D eigenvalue weighted by atomic mass is 16.5. The van der Waals surface area contributed by atoms with Crippen molar-refractivity contribution in [2.45, 2.75) is 6.92 Å². The Kier molecular flexibility index (Phi) is 7.38. The van der Waals surface area contributed by atoms with Crippen LogP contribution in [-0.4, -0.2) is 45.2 Å². The number of esters is 1. The molecule has 0 spiro atoms. The van der Waals surface area contributed by atoms with Crippen LogP contribution in [0.1, 0.15) is 27.6 Å². The second-order valence-electron chi connectivity index (χ2n) is 5.63. The first kappa shape index (κ1) is 20.8. The molecule has 0 aliphatic rings. The van der Waals surface area contributed by atoms with E-state index in [9.17, 15) is 14.4 Å². The fraction of sp³-hybridized carbons (Fsp3) is 0.250. The molecule has 0 radical (unpaired) electrons. The molecule has 2 rings (SSSR count). The van der Waals surface area contributed by atoms with Crippen molar-refractivity contribution in [2.24, 2.45) is 0 Å². The third-order valence-electron chi connectivity index (χ3n) is 3.70. The Hall–Kier alpha value is -3.55. The van der Waals surface area contributed by atoms with E-state index in [4.69, 9.17) is 14.2 Å². The molecular weight excluding hydrogens is 364 g/mol. The van der Waals surface area contributed by atoms with E-state index >= 15 is 0 Å². The summed E-state index contributed by atoms with van der Waals surface area (Å²) in [7, 11) is 2.94. The fourth-order valence-electron chi connectivity index (χ4n) is 2.38. The van der Waals surface area contributed by atoms with Gasteiger partial charge in [0.2, 0.25) is 0 Å². The molecule has 0 fully saturated rings. The third kappa shape index (κ3) is 5.47. The van der Waals surface area contributed by atoms with Gasteiger partial charge in [-0.25, -0.2) is 4.79 Å². The number of amides is 2. The zero-order valence-electron chi connectivity index (χ0n) is 15.9. The molecule has 2 N–H and O–H groups in total. The van der Waals surface area contributed by atoms with Gasteiger partial charge in [0.25, 0.3) is 11.8 Å². The standard InChI is InChI=1S/C20H22N2O6/c1-4-21-19(24)13-6-5-7-15(10-13)22-18(23)12-28-20(25)14-8-9-16(26-2)17(11-14)27-3/h5-11H,4,12H2,1-3H3,(H,21,24)(H,22,23). The topological polar surface area (TPSA) is 103 Å². The van der Waals surface area contributed by atoms with Gasteiger partial charge in [0.1, 0.15) is 0 Å². The van der Waals surface area contributed by atoms with Crippen LogP contribution in [0, 0.1) is 0 Å². The van der Waals surface area contributed by atoms with Crippen LogP contribution in [0.4, 0.5) is 5.69 Å². The number of nitrogens with one attached hydrogen (secondary N) is 2. The molecule has 8 heteroatoms. The van der Waals surface area contributed by atoms with E-state index < -0.39 is 18.5 Å². The van der Waals surface area contributed by atoms with E-state index in [2.05, 4.69) is 10.6 Å². The molecule has 0 heterocycles. The molecule has 0 saturated carbocycles. The predicted octanol–water partition coefficient (Wildman–Crippen LogP) is 2.25. The minimum Gasteiger partial charge on any atom is -0.493 e. The smallest absolute Gasteiger partial charge is 0.338 e. The number of benzene rings is 2. The van der Waals surface area contributed by atoms with E-state index in [0.29, 0.717) is 29.3 Å². The summed E-state index contributed by atoms with van der Waals surface area (Å²) in [4.78, 5) is 36.0. The molecule has 0 aliphatic heterocycles. The van der Waals surface area contributed by atoms with E-state index in [1.165, 1.54) is 26.4 Å². The van der Waals surface area contributed by atoms with Gasteiger partial charge in [-0.2, -0.15) is 0 Å². The summed E-state index contributed by atoms with van der Waals surface area (Å²) in [5.41, 5.74) is 1.07. The van der Waals surface area contributed by atoms with Crippen LogP contribution < -0.4 is 20.1 Å². The number of methoxy groups -OCH3 is 2. The molecular formula is C20H22N2O6. The number of hydrogen-bond acceptors (Lipinski definition) is 6. The van der Waals surface area contributed by atoms with Gasteiger partial charge in [0.15, 0.2) is 18.1 Å². The molecule has 28 heavy (non-hydrogen) atoms. The van der Waals surface area contributed by atoms with Gasteiger partial charge in [-0.15, -0.1) is 0 Å². The number of carbonyl (C=O) groups is 3. The van der Waals surface area contributed by atoms with Gasteiger partial charge in [-0.1, -0.05) is 6.07 Å². The number of anilines is 1. The monoisotopic (exact) mass is 386 g/mol. The maximum absolute atomic E-state index is 12.1. The molecule has 2 aromatic carbocycles. The lowest BCUT2D eigenvalue weighted by Crippen LogP contribution is -2.23. The van der Waals surface area contributed by atoms with Crippen molar-refractivity contribution in [3.8, 4) is 11.5 Å². The van der Waals surface area contributed by atoms with Crippen LogP contribution in [0.2, 0.25) is 0 Å². The zero-order valence-corrected chi connectivity index (χ0v) is 15.9. The Balaban J connectivity index is 1.94. The maximum atomic E-state index is 12.1. The lowest BCUT2D eigenvalue weighted by molar-refractivity contribution is -0.119. The molecule has 0 saturated heterocycles. The Morgan fingerprint density at radius 3 is 2.36 bits per heavy atom. The largest absolute Gasteiger partial charge is 0.493 e. The minimum atomic E-state index is -0.674. The predicted molar refractivity (Wildman–Crippen MR) is 103 cm³/mol. The Morgan fingerprint density at radius 2 is 1.68 bits per heavy atom. The van der Waals surface area contributed by atoms with Gasteiger partial charge in [0, 0.05) is 17.8 Å². The van der Waals surface area contributed by atoms with Crippen LogP contribution in [0.5, 0.6) is 11.5 Å². The molecule has 0 aromatic heterocycles. The SMILES string of the molecule is CCNC(=O)c1cccc(NC(=O)COC(=O)c2ccc(OC)c(OC)c2)c1. The molecule has 148 valence electrons. The van der Waals surface area contributed by atoms with E-state index in [-0.39, 0.29) is 11.5 Å². The molecule has 0 atom stereocenters. The van der Waals surface area contributed by atoms with Gasteiger partial charge in [-0.3, -0.25) is 9.59 Å². The quantitative estimate of drug-likeness (QED) is 0.675. The molecule has 0 aliphatic carbocycles. The molecule has 0 unspecified atom stereocenters. The molecule has 8 nitrogen and oxygen atoms in total. The summed E-state index contributed by atoms with van der Waals surface area (Å²) in [6.07, 6.45) is 0. The summed E-state index contributed by atoms with van der Waals surface area (Å²) >= 11 is 0. The van der Waals surface area contributed by atoms with Crippen LogP contribution in [0.3, 0.4) is 0 Å². The van der Waals surface area contributed by atoms with E-state index in [1.807, 2.05) is 6.92 Å². The highest BCUT2D eigenvalue weighted by Gasteiger charge is 2.14. The van der Waals surface area contributed by atoms with Crippen molar-refractivity contribution in [3.05, 3.63) is 53.6 Å². The number of carbonyl (C=O) groups excluding carboxylic acids is 3. The summed E-state index contributed by atoms with van der Waals surface area (Å²) in [5, 5.41) is 5.26. The van der Waals surface area contributed by atoms with Gasteiger partial charge in [-0.05, 0) is 43.3 Å². The Morgan fingerprint density at radius 1 is 0.929 bits per heavy atom. The Labute approximate surface area is 162 Å². The van der Waals surface area contributed by atoms with Crippen LogP contribution >= 0.6 is 0 Å². The first-order valence-corrected chi connectivity index (χ1v) is 8.55. The van der Waals surface area contributed by atoms with Crippen molar-refractivity contribution in [3.63, 3.8) is 0 Å². The van der Waals surface area contributed by atoms with Gasteiger partial charge in [0.05, 0.1) is 19.8 Å². The fourth-order valence-corrected chi connectivity index (χ4v) is 2.38. The third-order valence-corrected chi connectivity index (χ3v) is 3.70. The lowest BCUT2D eigenvalue weighted by Gasteiger charge is -2.10. The van der Waals surface area contributed by atoms with Crippen LogP contribution in [0.25, 0.3) is 0 Å². The Bertz CT molecular complexity index is 866. The number of ether oxygens (including phenoxy) is 3. The maximum Gasteiger partial charge on any atom is 0.338 e. The lowest BCUT2D eigenvalue weighted by atomic mass is 10.2. The van der Waals surface area contributed by atoms with Crippen molar-refractivity contribution in [2.75, 3.05) is 32.7 Å². The average Bonchev–Trinajstić information content (AvgIpc) is 2.71.